The van der Waals surface area contributed by atoms with Gasteiger partial charge in [-0.2, -0.15) is 5.10 Å². The normalized spacial score (nSPS) is 12.2. The Balaban J connectivity index is 2.18. The number of aliphatic hydroxyl groups is 1. The zero-order valence-electron chi connectivity index (χ0n) is 11.9. The molecule has 2 N–H and O–H groups in total. The number of nitro groups is 1. The van der Waals surface area contributed by atoms with Gasteiger partial charge in [-0.3, -0.25) is 10.1 Å². The van der Waals surface area contributed by atoms with Gasteiger partial charge in [0.1, 0.15) is 5.69 Å². The maximum absolute atomic E-state index is 11.1. The van der Waals surface area contributed by atoms with Gasteiger partial charge >= 0.3 is 5.69 Å². The molecule has 0 spiro atoms. The molecule has 0 saturated carbocycles. The Morgan fingerprint density at radius 2 is 2.18 bits per heavy atom. The van der Waals surface area contributed by atoms with Gasteiger partial charge in [0.05, 0.1) is 11.0 Å². The largest absolute Gasteiger partial charge is 0.387 e. The minimum absolute atomic E-state index is 0.0428. The number of aromatic nitrogens is 2. The second-order valence-corrected chi connectivity index (χ2v) is 5.57. The first-order chi connectivity index (χ1) is 10.3. The fraction of sp³-hybridized carbons (Fsp3) is 0.308. The van der Waals surface area contributed by atoms with Crippen molar-refractivity contribution >= 4 is 34.7 Å². The summed E-state index contributed by atoms with van der Waals surface area (Å²) in [5.41, 5.74) is 0.672. The van der Waals surface area contributed by atoms with Crippen LogP contribution in [0.15, 0.2) is 18.2 Å². The van der Waals surface area contributed by atoms with E-state index in [0.717, 1.165) is 0 Å². The lowest BCUT2D eigenvalue weighted by molar-refractivity contribution is -0.384. The Kier molecular flexibility index (Phi) is 4.90. The number of aliphatic hydroxyl groups excluding tert-OH is 1. The van der Waals surface area contributed by atoms with Gasteiger partial charge in [0.2, 0.25) is 5.82 Å². The Hall–Kier alpha value is -1.83. The maximum atomic E-state index is 11.1. The Labute approximate surface area is 136 Å². The van der Waals surface area contributed by atoms with Crippen LogP contribution in [0.5, 0.6) is 0 Å². The summed E-state index contributed by atoms with van der Waals surface area (Å²) in [6.07, 6.45) is -0.945. The molecule has 2 aromatic rings. The summed E-state index contributed by atoms with van der Waals surface area (Å²) in [6.45, 7) is 1.59. The summed E-state index contributed by atoms with van der Waals surface area (Å²) in [4.78, 5) is 10.6. The fourth-order valence-corrected chi connectivity index (χ4v) is 2.67. The second kappa shape index (κ2) is 6.51. The molecule has 0 unspecified atom stereocenters. The van der Waals surface area contributed by atoms with Crippen LogP contribution in [0.25, 0.3) is 0 Å². The molecular weight excluding hydrogens is 331 g/mol. The van der Waals surface area contributed by atoms with Crippen LogP contribution in [-0.2, 0) is 7.05 Å². The molecule has 118 valence electrons. The minimum atomic E-state index is -0.945. The number of benzene rings is 1. The standard InChI is InChI=1S/C13H14Cl2N4O3/c1-7-12(19(21)22)13(18(2)17-7)16-6-11(20)9-4-3-8(14)5-10(9)15/h3-5,11,16,20H,6H2,1-2H3/t11-/m1/s1. The van der Waals surface area contributed by atoms with E-state index >= 15 is 0 Å². The first-order valence-corrected chi connectivity index (χ1v) is 7.11. The molecule has 9 heteroatoms. The van der Waals surface area contributed by atoms with Crippen LogP contribution in [0.3, 0.4) is 0 Å². The van der Waals surface area contributed by atoms with E-state index < -0.39 is 11.0 Å². The highest BCUT2D eigenvalue weighted by Crippen LogP contribution is 2.30. The van der Waals surface area contributed by atoms with Gasteiger partial charge in [-0.25, -0.2) is 4.68 Å². The second-order valence-electron chi connectivity index (χ2n) is 4.73. The van der Waals surface area contributed by atoms with E-state index in [0.29, 0.717) is 21.3 Å². The first-order valence-electron chi connectivity index (χ1n) is 6.36. The molecule has 1 atom stereocenters. The predicted molar refractivity (Wildman–Crippen MR) is 84.5 cm³/mol. The van der Waals surface area contributed by atoms with Gasteiger partial charge in [-0.05, 0) is 19.1 Å². The summed E-state index contributed by atoms with van der Waals surface area (Å²) in [5, 5.41) is 28.9. The van der Waals surface area contributed by atoms with E-state index in [4.69, 9.17) is 23.2 Å². The Bertz CT molecular complexity index is 718. The quantitative estimate of drug-likeness (QED) is 0.642. The van der Waals surface area contributed by atoms with Gasteiger partial charge in [-0.15, -0.1) is 0 Å². The summed E-state index contributed by atoms with van der Waals surface area (Å²) in [6, 6.07) is 4.75. The molecule has 0 amide bonds. The van der Waals surface area contributed by atoms with E-state index in [1.807, 2.05) is 0 Å². The SMILES string of the molecule is Cc1nn(C)c(NC[C@@H](O)c2ccc(Cl)cc2Cl)c1[N+](=O)[O-]. The number of aryl methyl sites for hydroxylation is 2. The van der Waals surface area contributed by atoms with Crippen molar-refractivity contribution in [2.24, 2.45) is 7.05 Å². The molecule has 1 heterocycles. The van der Waals surface area contributed by atoms with Gasteiger partial charge in [0.15, 0.2) is 0 Å². The molecule has 0 aliphatic carbocycles. The highest BCUT2D eigenvalue weighted by molar-refractivity contribution is 6.35. The van der Waals surface area contributed by atoms with Crippen molar-refractivity contribution in [2.45, 2.75) is 13.0 Å². The molecular formula is C13H14Cl2N4O3. The van der Waals surface area contributed by atoms with Gasteiger partial charge in [0.25, 0.3) is 0 Å². The number of nitrogens with zero attached hydrogens (tertiary/aromatic N) is 3. The van der Waals surface area contributed by atoms with E-state index in [2.05, 4.69) is 10.4 Å². The van der Waals surface area contributed by atoms with Crippen molar-refractivity contribution in [3.05, 3.63) is 49.6 Å². The summed E-state index contributed by atoms with van der Waals surface area (Å²) in [7, 11) is 1.59. The first kappa shape index (κ1) is 16.5. The molecule has 1 aromatic heterocycles. The third-order valence-corrected chi connectivity index (χ3v) is 3.72. The van der Waals surface area contributed by atoms with Crippen LogP contribution in [0.4, 0.5) is 11.5 Å². The lowest BCUT2D eigenvalue weighted by Gasteiger charge is -2.14. The highest BCUT2D eigenvalue weighted by atomic mass is 35.5. The van der Waals surface area contributed by atoms with Gasteiger partial charge in [-0.1, -0.05) is 29.3 Å². The van der Waals surface area contributed by atoms with Crippen LogP contribution in [0, 0.1) is 17.0 Å². The van der Waals surface area contributed by atoms with Gasteiger partial charge < -0.3 is 10.4 Å². The molecule has 1 aromatic carbocycles. The number of hydrogen-bond acceptors (Lipinski definition) is 5. The van der Waals surface area contributed by atoms with Crippen molar-refractivity contribution < 1.29 is 10.0 Å². The molecule has 0 fully saturated rings. The average Bonchev–Trinajstić information content (AvgIpc) is 2.70. The van der Waals surface area contributed by atoms with Crippen LogP contribution in [0.1, 0.15) is 17.4 Å². The molecule has 22 heavy (non-hydrogen) atoms. The third-order valence-electron chi connectivity index (χ3n) is 3.16. The molecule has 2 rings (SSSR count). The Morgan fingerprint density at radius 3 is 2.77 bits per heavy atom. The Morgan fingerprint density at radius 1 is 1.50 bits per heavy atom. The van der Waals surface area contributed by atoms with Crippen molar-refractivity contribution in [1.82, 2.24) is 9.78 Å². The van der Waals surface area contributed by atoms with Crippen LogP contribution in [0.2, 0.25) is 10.0 Å². The van der Waals surface area contributed by atoms with Crippen LogP contribution in [-0.4, -0.2) is 26.4 Å². The average molecular weight is 345 g/mol. The molecule has 0 radical (unpaired) electrons. The zero-order chi connectivity index (χ0) is 16.4. The van der Waals surface area contributed by atoms with E-state index in [1.165, 1.54) is 10.7 Å². The number of nitrogens with one attached hydrogen (secondary N) is 1. The minimum Gasteiger partial charge on any atom is -0.387 e. The molecule has 7 nitrogen and oxygen atoms in total. The molecule has 0 saturated heterocycles. The van der Waals surface area contributed by atoms with E-state index in [1.54, 1.807) is 26.1 Å². The monoisotopic (exact) mass is 344 g/mol. The number of halogens is 2. The van der Waals surface area contributed by atoms with Crippen molar-refractivity contribution in [3.8, 4) is 0 Å². The van der Waals surface area contributed by atoms with Crippen LogP contribution >= 0.6 is 23.2 Å². The lowest BCUT2D eigenvalue weighted by Crippen LogP contribution is -2.15. The highest BCUT2D eigenvalue weighted by Gasteiger charge is 2.24. The van der Waals surface area contributed by atoms with Crippen molar-refractivity contribution in [2.75, 3.05) is 11.9 Å². The predicted octanol–water partition coefficient (Wildman–Crippen LogP) is 3.09. The molecule has 0 bridgehead atoms. The van der Waals surface area contributed by atoms with E-state index in [9.17, 15) is 15.2 Å². The maximum Gasteiger partial charge on any atom is 0.333 e. The number of hydrogen-bond donors (Lipinski definition) is 2. The van der Waals surface area contributed by atoms with Crippen molar-refractivity contribution in [1.29, 1.82) is 0 Å². The van der Waals surface area contributed by atoms with Crippen molar-refractivity contribution in [3.63, 3.8) is 0 Å². The topological polar surface area (TPSA) is 93.2 Å². The van der Waals surface area contributed by atoms with E-state index in [-0.39, 0.29) is 18.1 Å². The molecule has 0 aliphatic heterocycles. The smallest absolute Gasteiger partial charge is 0.333 e. The van der Waals surface area contributed by atoms with Gasteiger partial charge in [0, 0.05) is 29.2 Å². The summed E-state index contributed by atoms with van der Waals surface area (Å²) in [5.74, 6) is 0.228. The summed E-state index contributed by atoms with van der Waals surface area (Å²) >= 11 is 11.8. The van der Waals surface area contributed by atoms with Crippen LogP contribution < -0.4 is 5.32 Å². The zero-order valence-corrected chi connectivity index (χ0v) is 13.4. The molecule has 0 aliphatic rings. The lowest BCUT2D eigenvalue weighted by atomic mass is 10.1. The third kappa shape index (κ3) is 3.32. The number of rotatable bonds is 5. The number of anilines is 1. The summed E-state index contributed by atoms with van der Waals surface area (Å²) < 4.78 is 1.36. The fourth-order valence-electron chi connectivity index (χ4n) is 2.14.